The Morgan fingerprint density at radius 3 is 2.71 bits per heavy atom. The summed E-state index contributed by atoms with van der Waals surface area (Å²) in [5, 5.41) is 0. The van der Waals surface area contributed by atoms with E-state index in [1.165, 1.54) is 49.2 Å². The number of nitrogens with zero attached hydrogens (tertiary/aromatic N) is 1. The van der Waals surface area contributed by atoms with Gasteiger partial charge in [0.15, 0.2) is 0 Å². The highest BCUT2D eigenvalue weighted by Gasteiger charge is 2.24. The van der Waals surface area contributed by atoms with Gasteiger partial charge in [0.05, 0.1) is 0 Å². The lowest BCUT2D eigenvalue weighted by Gasteiger charge is -2.28. The summed E-state index contributed by atoms with van der Waals surface area (Å²) in [5.41, 5.74) is 10.9. The molecule has 1 atom stereocenters. The Bertz CT molecular complexity index is 465. The Kier molecular flexibility index (Phi) is 5.32. The zero-order valence-electron chi connectivity index (χ0n) is 14.3. The van der Waals surface area contributed by atoms with Crippen LogP contribution in [0.15, 0.2) is 18.2 Å². The standard InChI is InChI=1S/C19H32N2/c1-5-17(20)14-16-13-15(2)7-8-18(16)21-11-6-9-19(3,4)10-12-21/h7-8,13,17H,5-6,9-12,14,20H2,1-4H3. The van der Waals surface area contributed by atoms with E-state index in [0.29, 0.717) is 5.41 Å². The summed E-state index contributed by atoms with van der Waals surface area (Å²) in [4.78, 5) is 2.59. The Hall–Kier alpha value is -1.02. The molecule has 0 spiro atoms. The number of hydrogen-bond acceptors (Lipinski definition) is 2. The molecule has 2 heteroatoms. The maximum Gasteiger partial charge on any atom is 0.0399 e. The van der Waals surface area contributed by atoms with Gasteiger partial charge >= 0.3 is 0 Å². The molecule has 1 aliphatic heterocycles. The largest absolute Gasteiger partial charge is 0.371 e. The van der Waals surface area contributed by atoms with Crippen molar-refractivity contribution in [1.82, 2.24) is 0 Å². The molecule has 21 heavy (non-hydrogen) atoms. The van der Waals surface area contributed by atoms with Gasteiger partial charge in [0.2, 0.25) is 0 Å². The molecular formula is C19H32N2. The minimum atomic E-state index is 0.272. The molecule has 1 aliphatic rings. The molecule has 0 aromatic heterocycles. The molecule has 0 aliphatic carbocycles. The van der Waals surface area contributed by atoms with Gasteiger partial charge < -0.3 is 10.6 Å². The molecule has 1 unspecified atom stereocenters. The molecule has 1 heterocycles. The third kappa shape index (κ3) is 4.47. The highest BCUT2D eigenvalue weighted by molar-refractivity contribution is 5.55. The third-order valence-corrected chi connectivity index (χ3v) is 4.92. The van der Waals surface area contributed by atoms with Crippen LogP contribution in [-0.2, 0) is 6.42 Å². The fourth-order valence-electron chi connectivity index (χ4n) is 3.28. The molecule has 118 valence electrons. The van der Waals surface area contributed by atoms with Gasteiger partial charge in [-0.3, -0.25) is 0 Å². The summed E-state index contributed by atoms with van der Waals surface area (Å²) < 4.78 is 0. The predicted octanol–water partition coefficient (Wildman–Crippen LogP) is 4.29. The number of benzene rings is 1. The van der Waals surface area contributed by atoms with Crippen molar-refractivity contribution in [3.8, 4) is 0 Å². The Balaban J connectivity index is 2.21. The van der Waals surface area contributed by atoms with Gasteiger partial charge in [-0.25, -0.2) is 0 Å². The van der Waals surface area contributed by atoms with Crippen molar-refractivity contribution in [2.24, 2.45) is 11.1 Å². The first-order valence-corrected chi connectivity index (χ1v) is 8.51. The number of nitrogens with two attached hydrogens (primary N) is 1. The second-order valence-electron chi connectivity index (χ2n) is 7.51. The SMILES string of the molecule is CCC(N)Cc1cc(C)ccc1N1CCCC(C)(C)CC1. The van der Waals surface area contributed by atoms with E-state index in [-0.39, 0.29) is 6.04 Å². The van der Waals surface area contributed by atoms with E-state index in [0.717, 1.165) is 12.8 Å². The molecule has 1 saturated heterocycles. The van der Waals surface area contributed by atoms with Crippen molar-refractivity contribution in [2.75, 3.05) is 18.0 Å². The molecule has 0 saturated carbocycles. The summed E-state index contributed by atoms with van der Waals surface area (Å²) in [5.74, 6) is 0. The van der Waals surface area contributed by atoms with Crippen LogP contribution in [0.3, 0.4) is 0 Å². The van der Waals surface area contributed by atoms with Gasteiger partial charge in [-0.05, 0) is 56.1 Å². The molecule has 0 bridgehead atoms. The molecule has 0 amide bonds. The summed E-state index contributed by atoms with van der Waals surface area (Å²) >= 11 is 0. The fourth-order valence-corrected chi connectivity index (χ4v) is 3.28. The van der Waals surface area contributed by atoms with E-state index in [1.807, 2.05) is 0 Å². The van der Waals surface area contributed by atoms with Crippen molar-refractivity contribution < 1.29 is 0 Å². The van der Waals surface area contributed by atoms with Gasteiger partial charge in [-0.1, -0.05) is 38.5 Å². The van der Waals surface area contributed by atoms with Crippen LogP contribution in [0.4, 0.5) is 5.69 Å². The van der Waals surface area contributed by atoms with Crippen LogP contribution in [0.2, 0.25) is 0 Å². The van der Waals surface area contributed by atoms with Crippen LogP contribution in [-0.4, -0.2) is 19.1 Å². The summed E-state index contributed by atoms with van der Waals surface area (Å²) in [6.07, 6.45) is 5.94. The summed E-state index contributed by atoms with van der Waals surface area (Å²) in [6, 6.07) is 7.16. The maximum absolute atomic E-state index is 6.21. The minimum Gasteiger partial charge on any atom is -0.371 e. The van der Waals surface area contributed by atoms with Crippen molar-refractivity contribution in [3.05, 3.63) is 29.3 Å². The van der Waals surface area contributed by atoms with E-state index in [9.17, 15) is 0 Å². The Morgan fingerprint density at radius 2 is 2.00 bits per heavy atom. The Labute approximate surface area is 130 Å². The van der Waals surface area contributed by atoms with E-state index in [2.05, 4.69) is 50.8 Å². The number of hydrogen-bond donors (Lipinski definition) is 1. The minimum absolute atomic E-state index is 0.272. The van der Waals surface area contributed by atoms with Crippen LogP contribution in [0.5, 0.6) is 0 Å². The maximum atomic E-state index is 6.21. The molecular weight excluding hydrogens is 256 g/mol. The lowest BCUT2D eigenvalue weighted by atomic mass is 9.85. The molecule has 1 fully saturated rings. The first kappa shape index (κ1) is 16.4. The van der Waals surface area contributed by atoms with Gasteiger partial charge in [-0.15, -0.1) is 0 Å². The summed E-state index contributed by atoms with van der Waals surface area (Å²) in [7, 11) is 0. The lowest BCUT2D eigenvalue weighted by Crippen LogP contribution is -2.28. The first-order valence-electron chi connectivity index (χ1n) is 8.51. The normalized spacial score (nSPS) is 20.1. The third-order valence-electron chi connectivity index (χ3n) is 4.92. The quantitative estimate of drug-likeness (QED) is 0.895. The second kappa shape index (κ2) is 6.83. The molecule has 1 aromatic rings. The van der Waals surface area contributed by atoms with Crippen LogP contribution in [0.25, 0.3) is 0 Å². The number of anilines is 1. The highest BCUT2D eigenvalue weighted by atomic mass is 15.1. The van der Waals surface area contributed by atoms with Gasteiger partial charge in [0, 0.05) is 24.8 Å². The summed E-state index contributed by atoms with van der Waals surface area (Å²) in [6.45, 7) is 11.5. The van der Waals surface area contributed by atoms with Crippen LogP contribution in [0, 0.1) is 12.3 Å². The molecule has 2 N–H and O–H groups in total. The molecule has 2 nitrogen and oxygen atoms in total. The van der Waals surface area contributed by atoms with Crippen LogP contribution < -0.4 is 10.6 Å². The van der Waals surface area contributed by atoms with Gasteiger partial charge in [0.25, 0.3) is 0 Å². The smallest absolute Gasteiger partial charge is 0.0399 e. The topological polar surface area (TPSA) is 29.3 Å². The monoisotopic (exact) mass is 288 g/mol. The predicted molar refractivity (Wildman–Crippen MR) is 93.0 cm³/mol. The number of aryl methyl sites for hydroxylation is 1. The number of rotatable bonds is 4. The lowest BCUT2D eigenvalue weighted by molar-refractivity contribution is 0.325. The second-order valence-corrected chi connectivity index (χ2v) is 7.51. The average molecular weight is 288 g/mol. The highest BCUT2D eigenvalue weighted by Crippen LogP contribution is 2.33. The van der Waals surface area contributed by atoms with Gasteiger partial charge in [0.1, 0.15) is 0 Å². The van der Waals surface area contributed by atoms with Crippen LogP contribution in [0.1, 0.15) is 57.6 Å². The van der Waals surface area contributed by atoms with Gasteiger partial charge in [-0.2, -0.15) is 0 Å². The fraction of sp³-hybridized carbons (Fsp3) is 0.684. The molecule has 0 radical (unpaired) electrons. The van der Waals surface area contributed by atoms with Crippen molar-refractivity contribution in [2.45, 2.75) is 65.8 Å². The zero-order valence-corrected chi connectivity index (χ0v) is 14.3. The van der Waals surface area contributed by atoms with E-state index >= 15 is 0 Å². The zero-order chi connectivity index (χ0) is 15.5. The van der Waals surface area contributed by atoms with Crippen molar-refractivity contribution >= 4 is 5.69 Å². The van der Waals surface area contributed by atoms with Crippen molar-refractivity contribution in [1.29, 1.82) is 0 Å². The first-order chi connectivity index (χ1) is 9.91. The van der Waals surface area contributed by atoms with Crippen LogP contribution >= 0.6 is 0 Å². The van der Waals surface area contributed by atoms with E-state index in [4.69, 9.17) is 5.73 Å². The van der Waals surface area contributed by atoms with E-state index < -0.39 is 0 Å². The van der Waals surface area contributed by atoms with E-state index in [1.54, 1.807) is 0 Å². The average Bonchev–Trinajstić information content (AvgIpc) is 2.60. The molecule has 2 rings (SSSR count). The Morgan fingerprint density at radius 1 is 1.24 bits per heavy atom. The van der Waals surface area contributed by atoms with Crippen molar-refractivity contribution in [3.63, 3.8) is 0 Å². The molecule has 1 aromatic carbocycles.